The zero-order chi connectivity index (χ0) is 18.4. The SMILES string of the molecule is CCNC(=NCCCCn1c(C)cccc1=O)N1CCc2ccccc21.I. The van der Waals surface area contributed by atoms with Crippen molar-refractivity contribution in [2.75, 3.05) is 24.5 Å². The molecule has 0 unspecified atom stereocenters. The third kappa shape index (κ3) is 5.34. The lowest BCUT2D eigenvalue weighted by molar-refractivity contribution is 0.586. The van der Waals surface area contributed by atoms with Gasteiger partial charge in [0.05, 0.1) is 0 Å². The van der Waals surface area contributed by atoms with Gasteiger partial charge >= 0.3 is 0 Å². The number of benzene rings is 1. The molecule has 2 heterocycles. The van der Waals surface area contributed by atoms with Crippen LogP contribution in [0, 0.1) is 6.92 Å². The lowest BCUT2D eigenvalue weighted by Crippen LogP contribution is -2.40. The van der Waals surface area contributed by atoms with Crippen molar-refractivity contribution >= 4 is 35.6 Å². The average molecular weight is 480 g/mol. The van der Waals surface area contributed by atoms with Crippen molar-refractivity contribution < 1.29 is 0 Å². The van der Waals surface area contributed by atoms with Crippen LogP contribution < -0.4 is 15.8 Å². The lowest BCUT2D eigenvalue weighted by Gasteiger charge is -2.22. The van der Waals surface area contributed by atoms with E-state index in [2.05, 4.69) is 41.4 Å². The quantitative estimate of drug-likeness (QED) is 0.298. The maximum atomic E-state index is 11.9. The molecule has 1 aromatic heterocycles. The van der Waals surface area contributed by atoms with Crippen LogP contribution in [-0.2, 0) is 13.0 Å². The number of anilines is 1. The fourth-order valence-corrected chi connectivity index (χ4v) is 3.43. The molecule has 1 N–H and O–H groups in total. The fraction of sp³-hybridized carbons (Fsp3) is 0.429. The average Bonchev–Trinajstić information content (AvgIpc) is 3.07. The van der Waals surface area contributed by atoms with E-state index in [1.807, 2.05) is 23.6 Å². The highest BCUT2D eigenvalue weighted by atomic mass is 127. The van der Waals surface area contributed by atoms with Crippen LogP contribution in [0.1, 0.15) is 31.0 Å². The molecule has 0 spiro atoms. The van der Waals surface area contributed by atoms with Gasteiger partial charge in [-0.15, -0.1) is 24.0 Å². The van der Waals surface area contributed by atoms with Crippen LogP contribution >= 0.6 is 24.0 Å². The Bertz CT molecular complexity index is 831. The van der Waals surface area contributed by atoms with E-state index in [4.69, 9.17) is 4.99 Å². The molecule has 0 saturated heterocycles. The first-order chi connectivity index (χ1) is 12.7. The molecule has 1 aliphatic heterocycles. The van der Waals surface area contributed by atoms with Crippen molar-refractivity contribution in [3.63, 3.8) is 0 Å². The number of guanidine groups is 1. The summed E-state index contributed by atoms with van der Waals surface area (Å²) < 4.78 is 1.84. The van der Waals surface area contributed by atoms with E-state index in [0.29, 0.717) is 0 Å². The minimum absolute atomic E-state index is 0. The molecule has 1 aromatic carbocycles. The Hall–Kier alpha value is -1.83. The standard InChI is InChI=1S/C21H28N4O.HI/c1-3-22-21(25-16-13-18-10-4-5-11-19(18)25)23-14-6-7-15-24-17(2)9-8-12-20(24)26;/h4-5,8-12H,3,6-7,13-16H2,1-2H3,(H,22,23);1H. The largest absolute Gasteiger partial charge is 0.356 e. The monoisotopic (exact) mass is 480 g/mol. The summed E-state index contributed by atoms with van der Waals surface area (Å²) in [4.78, 5) is 19.0. The van der Waals surface area contributed by atoms with Gasteiger partial charge < -0.3 is 14.8 Å². The summed E-state index contributed by atoms with van der Waals surface area (Å²) >= 11 is 0. The zero-order valence-corrected chi connectivity index (χ0v) is 18.5. The van der Waals surface area contributed by atoms with Crippen LogP contribution in [-0.4, -0.2) is 30.2 Å². The number of aryl methyl sites for hydroxylation is 1. The highest BCUT2D eigenvalue weighted by Gasteiger charge is 2.22. The van der Waals surface area contributed by atoms with Crippen LogP contribution in [0.15, 0.2) is 52.3 Å². The first kappa shape index (κ1) is 21.5. The number of rotatable bonds is 6. The van der Waals surface area contributed by atoms with Crippen molar-refractivity contribution in [3.8, 4) is 0 Å². The smallest absolute Gasteiger partial charge is 0.250 e. The van der Waals surface area contributed by atoms with Gasteiger partial charge in [-0.3, -0.25) is 9.79 Å². The summed E-state index contributed by atoms with van der Waals surface area (Å²) in [6, 6.07) is 14.0. The maximum Gasteiger partial charge on any atom is 0.250 e. The van der Waals surface area contributed by atoms with E-state index in [9.17, 15) is 4.79 Å². The van der Waals surface area contributed by atoms with E-state index in [0.717, 1.165) is 57.1 Å². The van der Waals surface area contributed by atoms with Crippen molar-refractivity contribution in [1.29, 1.82) is 0 Å². The third-order valence-electron chi connectivity index (χ3n) is 4.80. The van der Waals surface area contributed by atoms with Crippen molar-refractivity contribution in [2.24, 2.45) is 4.99 Å². The summed E-state index contributed by atoms with van der Waals surface area (Å²) in [5, 5.41) is 3.41. The number of hydrogen-bond acceptors (Lipinski definition) is 2. The highest BCUT2D eigenvalue weighted by Crippen LogP contribution is 2.27. The normalized spacial score (nSPS) is 13.3. The molecule has 0 fully saturated rings. The number of aliphatic imine (C=N–C) groups is 1. The number of fused-ring (bicyclic) bond motifs is 1. The molecule has 0 bridgehead atoms. The van der Waals surface area contributed by atoms with Gasteiger partial charge in [0.2, 0.25) is 0 Å². The topological polar surface area (TPSA) is 49.6 Å². The second-order valence-electron chi connectivity index (χ2n) is 6.63. The number of hydrogen-bond donors (Lipinski definition) is 1. The Balaban J connectivity index is 0.00000261. The minimum atomic E-state index is 0. The van der Waals surface area contributed by atoms with Crippen LogP contribution in [0.2, 0.25) is 0 Å². The predicted molar refractivity (Wildman–Crippen MR) is 124 cm³/mol. The Kier molecular flexibility index (Phi) is 8.34. The number of para-hydroxylation sites is 1. The summed E-state index contributed by atoms with van der Waals surface area (Å²) in [6.07, 6.45) is 2.98. The number of pyridine rings is 1. The van der Waals surface area contributed by atoms with Gasteiger partial charge in [-0.05, 0) is 50.8 Å². The molecular formula is C21H29IN4O. The molecule has 6 heteroatoms. The number of aromatic nitrogens is 1. The van der Waals surface area contributed by atoms with Gasteiger partial charge in [0.25, 0.3) is 5.56 Å². The molecule has 27 heavy (non-hydrogen) atoms. The Morgan fingerprint density at radius 3 is 2.74 bits per heavy atom. The molecule has 5 nitrogen and oxygen atoms in total. The second kappa shape index (κ2) is 10.5. The van der Waals surface area contributed by atoms with Gasteiger partial charge in [0, 0.05) is 43.6 Å². The molecule has 0 radical (unpaired) electrons. The van der Waals surface area contributed by atoms with Gasteiger partial charge in [0.15, 0.2) is 5.96 Å². The molecule has 1 aliphatic rings. The van der Waals surface area contributed by atoms with E-state index in [1.165, 1.54) is 11.3 Å². The van der Waals surface area contributed by atoms with Crippen molar-refractivity contribution in [3.05, 3.63) is 64.1 Å². The number of nitrogens with zero attached hydrogens (tertiary/aromatic N) is 3. The molecule has 0 saturated carbocycles. The summed E-state index contributed by atoms with van der Waals surface area (Å²) in [6.45, 7) is 7.43. The second-order valence-corrected chi connectivity index (χ2v) is 6.63. The summed E-state index contributed by atoms with van der Waals surface area (Å²) in [5.74, 6) is 0.963. The Labute approximate surface area is 178 Å². The maximum absolute atomic E-state index is 11.9. The fourth-order valence-electron chi connectivity index (χ4n) is 3.43. The van der Waals surface area contributed by atoms with Crippen LogP contribution in [0.4, 0.5) is 5.69 Å². The lowest BCUT2D eigenvalue weighted by atomic mass is 10.2. The van der Waals surface area contributed by atoms with E-state index < -0.39 is 0 Å². The number of halogens is 1. The third-order valence-corrected chi connectivity index (χ3v) is 4.80. The molecule has 146 valence electrons. The van der Waals surface area contributed by atoms with E-state index >= 15 is 0 Å². The van der Waals surface area contributed by atoms with E-state index in [1.54, 1.807) is 6.07 Å². The van der Waals surface area contributed by atoms with Crippen molar-refractivity contribution in [2.45, 2.75) is 39.7 Å². The van der Waals surface area contributed by atoms with Crippen molar-refractivity contribution in [1.82, 2.24) is 9.88 Å². The molecular weight excluding hydrogens is 451 g/mol. The molecule has 0 amide bonds. The Morgan fingerprint density at radius 1 is 1.15 bits per heavy atom. The molecule has 0 atom stereocenters. The van der Waals surface area contributed by atoms with Gasteiger partial charge in [-0.1, -0.05) is 24.3 Å². The van der Waals surface area contributed by atoms with Gasteiger partial charge in [-0.2, -0.15) is 0 Å². The van der Waals surface area contributed by atoms with E-state index in [-0.39, 0.29) is 29.5 Å². The Morgan fingerprint density at radius 2 is 1.96 bits per heavy atom. The number of nitrogens with one attached hydrogen (secondary N) is 1. The van der Waals surface area contributed by atoms with Crippen LogP contribution in [0.3, 0.4) is 0 Å². The predicted octanol–water partition coefficient (Wildman–Crippen LogP) is 3.58. The molecule has 2 aromatic rings. The van der Waals surface area contributed by atoms with Crippen LogP contribution in [0.25, 0.3) is 0 Å². The highest BCUT2D eigenvalue weighted by molar-refractivity contribution is 14.0. The summed E-state index contributed by atoms with van der Waals surface area (Å²) in [5.41, 5.74) is 3.74. The minimum Gasteiger partial charge on any atom is -0.356 e. The first-order valence-electron chi connectivity index (χ1n) is 9.51. The first-order valence-corrected chi connectivity index (χ1v) is 9.51. The zero-order valence-electron chi connectivity index (χ0n) is 16.1. The van der Waals surface area contributed by atoms with Gasteiger partial charge in [-0.25, -0.2) is 0 Å². The van der Waals surface area contributed by atoms with Gasteiger partial charge in [0.1, 0.15) is 0 Å². The molecule has 0 aliphatic carbocycles. The summed E-state index contributed by atoms with van der Waals surface area (Å²) in [7, 11) is 0. The van der Waals surface area contributed by atoms with Crippen LogP contribution in [0.5, 0.6) is 0 Å². The molecule has 3 rings (SSSR count). The number of unbranched alkanes of at least 4 members (excludes halogenated alkanes) is 1.